The van der Waals surface area contributed by atoms with Crippen LogP contribution in [-0.4, -0.2) is 21.2 Å². The third-order valence-electron chi connectivity index (χ3n) is 4.53. The largest absolute Gasteiger partial charge is 0.434 e. The molecule has 29 heavy (non-hydrogen) atoms. The van der Waals surface area contributed by atoms with Crippen molar-refractivity contribution in [3.05, 3.63) is 76.1 Å². The smallest absolute Gasteiger partial charge is 0.387 e. The second-order valence-electron chi connectivity index (χ2n) is 6.31. The molecule has 0 unspecified atom stereocenters. The molecule has 4 aromatic rings. The maximum Gasteiger partial charge on any atom is 0.387 e. The molecule has 8 heteroatoms. The summed E-state index contributed by atoms with van der Waals surface area (Å²) in [5, 5.41) is 11.9. The molecular formula is C21H14F2N4O2. The van der Waals surface area contributed by atoms with E-state index < -0.39 is 6.61 Å². The molecule has 0 aliphatic rings. The molecular weight excluding hydrogens is 378 g/mol. The number of aromatic nitrogens is 3. The average Bonchev–Trinajstić information content (AvgIpc) is 3.05. The zero-order chi connectivity index (χ0) is 20.5. The van der Waals surface area contributed by atoms with Crippen molar-refractivity contribution in [1.82, 2.24) is 14.6 Å². The third-order valence-corrected chi connectivity index (χ3v) is 4.53. The lowest BCUT2D eigenvalue weighted by atomic mass is 10.1. The molecule has 4 rings (SSSR count). The van der Waals surface area contributed by atoms with Gasteiger partial charge in [0.05, 0.1) is 23.0 Å². The minimum Gasteiger partial charge on any atom is -0.434 e. The number of hydrogen-bond donors (Lipinski definition) is 1. The van der Waals surface area contributed by atoms with Gasteiger partial charge in [0.2, 0.25) is 0 Å². The number of nitriles is 1. The Morgan fingerprint density at radius 2 is 1.90 bits per heavy atom. The number of aryl methyl sites for hydroxylation is 1. The van der Waals surface area contributed by atoms with Crippen LogP contribution in [0.5, 0.6) is 5.75 Å². The molecule has 6 nitrogen and oxygen atoms in total. The number of rotatable bonds is 4. The number of nitrogens with one attached hydrogen (secondary N) is 1. The molecule has 0 atom stereocenters. The fourth-order valence-electron chi connectivity index (χ4n) is 3.15. The van der Waals surface area contributed by atoms with Crippen molar-refractivity contribution >= 4 is 5.65 Å². The van der Waals surface area contributed by atoms with Crippen LogP contribution in [0.1, 0.15) is 11.1 Å². The lowest BCUT2D eigenvalue weighted by molar-refractivity contribution is -0.0494. The quantitative estimate of drug-likeness (QED) is 0.566. The molecule has 0 amide bonds. The number of hydrogen-bond acceptors (Lipinski definition) is 4. The molecule has 144 valence electrons. The molecule has 2 heterocycles. The number of benzene rings is 2. The average molecular weight is 392 g/mol. The summed E-state index contributed by atoms with van der Waals surface area (Å²) in [5.41, 5.74) is 3.13. The first-order chi connectivity index (χ1) is 14.0. The molecule has 2 aromatic heterocycles. The summed E-state index contributed by atoms with van der Waals surface area (Å²) in [6, 6.07) is 16.5. The van der Waals surface area contributed by atoms with Gasteiger partial charge in [0.25, 0.3) is 5.56 Å². The van der Waals surface area contributed by atoms with E-state index in [2.05, 4.69) is 14.8 Å². The first-order valence-corrected chi connectivity index (χ1v) is 8.65. The molecule has 0 bridgehead atoms. The fourth-order valence-corrected chi connectivity index (χ4v) is 3.15. The molecule has 0 spiro atoms. The topological polar surface area (TPSA) is 83.2 Å². The maximum atomic E-state index is 12.8. The predicted octanol–water partition coefficient (Wildman–Crippen LogP) is 4.14. The van der Waals surface area contributed by atoms with Gasteiger partial charge in [-0.15, -0.1) is 0 Å². The predicted molar refractivity (Wildman–Crippen MR) is 103 cm³/mol. The number of alkyl halides is 2. The first kappa shape index (κ1) is 18.4. The summed E-state index contributed by atoms with van der Waals surface area (Å²) in [6.45, 7) is -1.22. The Morgan fingerprint density at radius 3 is 2.59 bits per heavy atom. The van der Waals surface area contributed by atoms with Crippen molar-refractivity contribution in [2.45, 2.75) is 13.5 Å². The Hall–Kier alpha value is -3.99. The second-order valence-corrected chi connectivity index (χ2v) is 6.31. The molecule has 0 aliphatic carbocycles. The van der Waals surface area contributed by atoms with Crippen molar-refractivity contribution < 1.29 is 13.5 Å². The van der Waals surface area contributed by atoms with Crippen molar-refractivity contribution in [3.63, 3.8) is 0 Å². The van der Waals surface area contributed by atoms with Crippen LogP contribution in [0.2, 0.25) is 0 Å². The van der Waals surface area contributed by atoms with Gasteiger partial charge in [0.15, 0.2) is 5.65 Å². The van der Waals surface area contributed by atoms with Crippen LogP contribution < -0.4 is 10.3 Å². The van der Waals surface area contributed by atoms with Gasteiger partial charge in [-0.3, -0.25) is 9.89 Å². The van der Waals surface area contributed by atoms with Gasteiger partial charge in [-0.25, -0.2) is 9.50 Å². The van der Waals surface area contributed by atoms with E-state index in [1.54, 1.807) is 49.4 Å². The summed E-state index contributed by atoms with van der Waals surface area (Å²) in [7, 11) is 0. The number of halogens is 2. The number of fused-ring (bicyclic) bond motifs is 1. The van der Waals surface area contributed by atoms with E-state index in [1.807, 2.05) is 6.07 Å². The van der Waals surface area contributed by atoms with Crippen LogP contribution in [0.25, 0.3) is 28.2 Å². The second kappa shape index (κ2) is 7.20. The van der Waals surface area contributed by atoms with E-state index in [9.17, 15) is 13.6 Å². The summed E-state index contributed by atoms with van der Waals surface area (Å²) in [6.07, 6.45) is 0. The number of nitrogens with zero attached hydrogens (tertiary/aromatic N) is 3. The normalized spacial score (nSPS) is 11.0. The van der Waals surface area contributed by atoms with Gasteiger partial charge in [0.1, 0.15) is 5.75 Å². The van der Waals surface area contributed by atoms with E-state index in [-0.39, 0.29) is 11.3 Å². The number of aromatic amines is 1. The van der Waals surface area contributed by atoms with Gasteiger partial charge < -0.3 is 4.74 Å². The van der Waals surface area contributed by atoms with E-state index >= 15 is 0 Å². The third kappa shape index (κ3) is 3.34. The van der Waals surface area contributed by atoms with Crippen molar-refractivity contribution in [1.29, 1.82) is 5.26 Å². The van der Waals surface area contributed by atoms with Crippen LogP contribution in [0.15, 0.2) is 59.4 Å². The Labute approximate surface area is 163 Å². The van der Waals surface area contributed by atoms with Crippen molar-refractivity contribution in [3.8, 4) is 34.3 Å². The van der Waals surface area contributed by atoms with E-state index in [0.717, 1.165) is 0 Å². The minimum absolute atomic E-state index is 0.00230. The van der Waals surface area contributed by atoms with E-state index in [4.69, 9.17) is 5.26 Å². The molecule has 0 aliphatic heterocycles. The number of ether oxygens (including phenoxy) is 1. The summed E-state index contributed by atoms with van der Waals surface area (Å²) < 4.78 is 31.4. The van der Waals surface area contributed by atoms with Crippen molar-refractivity contribution in [2.75, 3.05) is 0 Å². The number of H-pyrrole nitrogens is 1. The lowest BCUT2D eigenvalue weighted by Gasteiger charge is -2.09. The summed E-state index contributed by atoms with van der Waals surface area (Å²) in [5.74, 6) is -0.00230. The zero-order valence-electron chi connectivity index (χ0n) is 15.2. The SMILES string of the molecule is Cc1c(-c2ccccc2OC(F)F)[nH]n2c(=O)cc(-c3ccc(C#N)cc3)nc12. The Kier molecular flexibility index (Phi) is 4.56. The van der Waals surface area contributed by atoms with Gasteiger partial charge in [-0.05, 0) is 31.2 Å². The van der Waals surface area contributed by atoms with E-state index in [1.165, 1.54) is 16.6 Å². The molecule has 0 saturated carbocycles. The van der Waals surface area contributed by atoms with Crippen LogP contribution >= 0.6 is 0 Å². The standard InChI is InChI=1S/C21H14F2N4O2/c1-12-19(15-4-2-3-5-17(15)29-21(22)23)26-27-18(28)10-16(25-20(12)27)14-8-6-13(11-24)7-9-14/h2-10,21,26H,1H3. The Morgan fingerprint density at radius 1 is 1.17 bits per heavy atom. The van der Waals surface area contributed by atoms with Gasteiger partial charge >= 0.3 is 6.61 Å². The highest BCUT2D eigenvalue weighted by Crippen LogP contribution is 2.33. The van der Waals surface area contributed by atoms with Gasteiger partial charge in [0, 0.05) is 22.8 Å². The minimum atomic E-state index is -2.97. The van der Waals surface area contributed by atoms with Crippen LogP contribution in [0.3, 0.4) is 0 Å². The van der Waals surface area contributed by atoms with Crippen LogP contribution in [0, 0.1) is 18.3 Å². The molecule has 0 fully saturated rings. The summed E-state index contributed by atoms with van der Waals surface area (Å²) in [4.78, 5) is 17.2. The van der Waals surface area contributed by atoms with E-state index in [0.29, 0.717) is 39.3 Å². The van der Waals surface area contributed by atoms with Crippen LogP contribution in [-0.2, 0) is 0 Å². The maximum absolute atomic E-state index is 12.8. The highest BCUT2D eigenvalue weighted by Gasteiger charge is 2.18. The van der Waals surface area contributed by atoms with Crippen LogP contribution in [0.4, 0.5) is 8.78 Å². The Balaban J connectivity index is 1.88. The Bertz CT molecular complexity index is 1300. The number of para-hydroxylation sites is 1. The zero-order valence-corrected chi connectivity index (χ0v) is 15.2. The highest BCUT2D eigenvalue weighted by molar-refractivity contribution is 5.76. The monoisotopic (exact) mass is 392 g/mol. The molecule has 1 N–H and O–H groups in total. The van der Waals surface area contributed by atoms with Gasteiger partial charge in [-0.1, -0.05) is 24.3 Å². The highest BCUT2D eigenvalue weighted by atomic mass is 19.3. The fraction of sp³-hybridized carbons (Fsp3) is 0.0952. The first-order valence-electron chi connectivity index (χ1n) is 8.65. The lowest BCUT2D eigenvalue weighted by Crippen LogP contribution is -2.14. The van der Waals surface area contributed by atoms with Gasteiger partial charge in [-0.2, -0.15) is 14.0 Å². The molecule has 2 aromatic carbocycles. The molecule has 0 saturated heterocycles. The molecule has 0 radical (unpaired) electrons. The summed E-state index contributed by atoms with van der Waals surface area (Å²) >= 11 is 0. The van der Waals surface area contributed by atoms with Crippen molar-refractivity contribution in [2.24, 2.45) is 0 Å².